The highest BCUT2D eigenvalue weighted by atomic mass is 16.5. The van der Waals surface area contributed by atoms with Gasteiger partial charge in [0.15, 0.2) is 0 Å². The fourth-order valence-electron chi connectivity index (χ4n) is 3.24. The monoisotopic (exact) mass is 183 g/mol. The molecule has 2 fully saturated rings. The van der Waals surface area contributed by atoms with E-state index in [2.05, 4.69) is 6.92 Å². The Labute approximate surface area is 81.1 Å². The maximum absolute atomic E-state index is 12.4. The molecule has 1 saturated carbocycles. The second-order valence-electron chi connectivity index (χ2n) is 5.10. The van der Waals surface area contributed by atoms with Crippen molar-refractivity contribution in [2.75, 3.05) is 7.05 Å². The first-order valence-electron chi connectivity index (χ1n) is 5.69. The number of nitrogens with zero attached hydrogens (tertiary/aromatic N) is 1. The molecule has 1 aliphatic carbocycles. The molecule has 0 amide bonds. The van der Waals surface area contributed by atoms with Crippen LogP contribution >= 0.6 is 0 Å². The van der Waals surface area contributed by atoms with Gasteiger partial charge in [0.25, 0.3) is 0 Å². The van der Waals surface area contributed by atoms with Crippen molar-refractivity contribution >= 4 is 0 Å². The summed E-state index contributed by atoms with van der Waals surface area (Å²) < 4.78 is 0.0463. The Kier molecular flexibility index (Phi) is 2.37. The van der Waals surface area contributed by atoms with Gasteiger partial charge in [-0.05, 0) is 39.0 Å². The smallest absolute Gasteiger partial charge is 0.0915 e. The number of fused-ring (bicyclic) bond motifs is 1. The summed E-state index contributed by atoms with van der Waals surface area (Å²) in [5, 5.41) is 12.4. The van der Waals surface area contributed by atoms with Crippen LogP contribution in [0.3, 0.4) is 0 Å². The number of hydroxylamine groups is 3. The van der Waals surface area contributed by atoms with Crippen molar-refractivity contribution in [2.24, 2.45) is 5.92 Å². The molecule has 4 atom stereocenters. The molecule has 2 nitrogen and oxygen atoms in total. The molecule has 2 heteroatoms. The molecular weight excluding hydrogens is 162 g/mol. The minimum atomic E-state index is 0.0463. The summed E-state index contributed by atoms with van der Waals surface area (Å²) >= 11 is 0. The highest BCUT2D eigenvalue weighted by Crippen LogP contribution is 2.40. The van der Waals surface area contributed by atoms with Gasteiger partial charge in [-0.1, -0.05) is 6.42 Å². The zero-order valence-corrected chi connectivity index (χ0v) is 8.83. The summed E-state index contributed by atoms with van der Waals surface area (Å²) in [5.74, 6) is 0.743. The second kappa shape index (κ2) is 3.25. The van der Waals surface area contributed by atoms with Gasteiger partial charge in [-0.15, -0.1) is 0 Å². The maximum Gasteiger partial charge on any atom is 0.0915 e. The molecule has 1 heterocycles. The Morgan fingerprint density at radius 1 is 1.08 bits per heavy atom. The van der Waals surface area contributed by atoms with Crippen LogP contribution in [-0.2, 0) is 0 Å². The highest BCUT2D eigenvalue weighted by molar-refractivity contribution is 4.82. The van der Waals surface area contributed by atoms with Gasteiger partial charge in [0.05, 0.1) is 19.1 Å². The van der Waals surface area contributed by atoms with Gasteiger partial charge in [0.2, 0.25) is 0 Å². The van der Waals surface area contributed by atoms with Crippen molar-refractivity contribution in [3.63, 3.8) is 0 Å². The van der Waals surface area contributed by atoms with E-state index in [1.165, 1.54) is 32.1 Å². The number of rotatable bonds is 0. The van der Waals surface area contributed by atoms with E-state index in [-0.39, 0.29) is 4.65 Å². The molecule has 0 spiro atoms. The SMILES string of the molecule is CC1CCC2CCCCC2[N+]1(C)[O-]. The minimum absolute atomic E-state index is 0.0463. The normalized spacial score (nSPS) is 51.5. The number of hydrogen-bond acceptors (Lipinski definition) is 1. The van der Waals surface area contributed by atoms with Crippen molar-refractivity contribution in [2.45, 2.75) is 57.5 Å². The molecule has 13 heavy (non-hydrogen) atoms. The van der Waals surface area contributed by atoms with Gasteiger partial charge in [-0.25, -0.2) is 0 Å². The predicted octanol–water partition coefficient (Wildman–Crippen LogP) is 2.67. The van der Waals surface area contributed by atoms with Crippen molar-refractivity contribution in [3.05, 3.63) is 5.21 Å². The Morgan fingerprint density at radius 2 is 1.77 bits per heavy atom. The average Bonchev–Trinajstić information content (AvgIpc) is 2.13. The van der Waals surface area contributed by atoms with Crippen molar-refractivity contribution in [1.29, 1.82) is 0 Å². The molecule has 0 bridgehead atoms. The number of quaternary nitrogens is 1. The van der Waals surface area contributed by atoms with Crippen LogP contribution in [-0.4, -0.2) is 23.8 Å². The van der Waals surface area contributed by atoms with E-state index < -0.39 is 0 Å². The lowest BCUT2D eigenvalue weighted by molar-refractivity contribution is -0.920. The third-order valence-electron chi connectivity index (χ3n) is 4.36. The maximum atomic E-state index is 12.4. The third kappa shape index (κ3) is 1.50. The lowest BCUT2D eigenvalue weighted by Crippen LogP contribution is -2.59. The van der Waals surface area contributed by atoms with E-state index in [4.69, 9.17) is 0 Å². The van der Waals surface area contributed by atoms with Gasteiger partial charge in [-0.3, -0.25) is 0 Å². The molecule has 2 rings (SSSR count). The molecule has 0 N–H and O–H groups in total. The van der Waals surface area contributed by atoms with E-state index in [9.17, 15) is 5.21 Å². The van der Waals surface area contributed by atoms with Crippen molar-refractivity contribution < 1.29 is 4.65 Å². The highest BCUT2D eigenvalue weighted by Gasteiger charge is 2.41. The molecule has 1 aliphatic heterocycles. The lowest BCUT2D eigenvalue weighted by Gasteiger charge is -2.57. The predicted molar refractivity (Wildman–Crippen MR) is 54.0 cm³/mol. The Balaban J connectivity index is 2.14. The van der Waals surface area contributed by atoms with E-state index >= 15 is 0 Å². The topological polar surface area (TPSA) is 23.1 Å². The average molecular weight is 183 g/mol. The lowest BCUT2D eigenvalue weighted by atomic mass is 9.76. The summed E-state index contributed by atoms with van der Waals surface area (Å²) in [7, 11) is 1.90. The molecule has 0 radical (unpaired) electrons. The summed E-state index contributed by atoms with van der Waals surface area (Å²) in [4.78, 5) is 0. The van der Waals surface area contributed by atoms with Crippen LogP contribution in [0, 0.1) is 11.1 Å². The standard InChI is InChI=1S/C11H21NO/c1-9-7-8-10-5-3-4-6-11(10)12(9,2)13/h9-11H,3-8H2,1-2H3. The van der Waals surface area contributed by atoms with Gasteiger partial charge < -0.3 is 9.85 Å². The van der Waals surface area contributed by atoms with Crippen LogP contribution < -0.4 is 0 Å². The van der Waals surface area contributed by atoms with Crippen LogP contribution in [0.2, 0.25) is 0 Å². The van der Waals surface area contributed by atoms with Crippen LogP contribution in [0.25, 0.3) is 0 Å². The first kappa shape index (κ1) is 9.47. The summed E-state index contributed by atoms with van der Waals surface area (Å²) in [6.07, 6.45) is 7.57. The van der Waals surface area contributed by atoms with Gasteiger partial charge in [-0.2, -0.15) is 0 Å². The van der Waals surface area contributed by atoms with E-state index in [0.29, 0.717) is 12.1 Å². The Hall–Kier alpha value is -0.0800. The molecule has 4 unspecified atom stereocenters. The van der Waals surface area contributed by atoms with Gasteiger partial charge >= 0.3 is 0 Å². The Bertz CT molecular complexity index is 191. The Morgan fingerprint density at radius 3 is 2.54 bits per heavy atom. The molecule has 0 aromatic rings. The molecular formula is C11H21NO. The fraction of sp³-hybridized carbons (Fsp3) is 1.00. The molecule has 0 aromatic carbocycles. The fourth-order valence-corrected chi connectivity index (χ4v) is 3.24. The molecule has 1 saturated heterocycles. The van der Waals surface area contributed by atoms with E-state index in [1.807, 2.05) is 7.05 Å². The van der Waals surface area contributed by atoms with Gasteiger partial charge in [0.1, 0.15) is 0 Å². The van der Waals surface area contributed by atoms with Crippen LogP contribution in [0.4, 0.5) is 0 Å². The zero-order valence-electron chi connectivity index (χ0n) is 8.83. The number of piperidine rings is 1. The summed E-state index contributed by atoms with van der Waals surface area (Å²) in [6.45, 7) is 2.12. The third-order valence-corrected chi connectivity index (χ3v) is 4.36. The minimum Gasteiger partial charge on any atom is -0.633 e. The molecule has 0 aromatic heterocycles. The second-order valence-corrected chi connectivity index (χ2v) is 5.10. The number of likely N-dealkylation sites (tertiary alicyclic amines) is 1. The van der Waals surface area contributed by atoms with Crippen molar-refractivity contribution in [1.82, 2.24) is 0 Å². The van der Waals surface area contributed by atoms with Crippen LogP contribution in [0.15, 0.2) is 0 Å². The molecule has 2 aliphatic rings. The van der Waals surface area contributed by atoms with E-state index in [0.717, 1.165) is 12.3 Å². The summed E-state index contributed by atoms with van der Waals surface area (Å²) in [6, 6.07) is 0.761. The first-order chi connectivity index (χ1) is 6.12. The quantitative estimate of drug-likeness (QED) is 0.418. The summed E-state index contributed by atoms with van der Waals surface area (Å²) in [5.41, 5.74) is 0. The first-order valence-corrected chi connectivity index (χ1v) is 5.69. The van der Waals surface area contributed by atoms with Crippen molar-refractivity contribution in [3.8, 4) is 0 Å². The largest absolute Gasteiger partial charge is 0.633 e. The van der Waals surface area contributed by atoms with E-state index in [1.54, 1.807) is 0 Å². The van der Waals surface area contributed by atoms with Crippen LogP contribution in [0.5, 0.6) is 0 Å². The molecule has 76 valence electrons. The van der Waals surface area contributed by atoms with Gasteiger partial charge in [0, 0.05) is 5.92 Å². The number of hydrogen-bond donors (Lipinski definition) is 0. The zero-order chi connectivity index (χ0) is 9.47. The van der Waals surface area contributed by atoms with Crippen LogP contribution in [0.1, 0.15) is 45.4 Å².